The lowest BCUT2D eigenvalue weighted by molar-refractivity contribution is -0.130. The van der Waals surface area contributed by atoms with Crippen LogP contribution in [0.1, 0.15) is 37.5 Å². The Morgan fingerprint density at radius 1 is 1.04 bits per heavy atom. The van der Waals surface area contributed by atoms with E-state index in [1.54, 1.807) is 11.8 Å². The van der Waals surface area contributed by atoms with E-state index >= 15 is 0 Å². The highest BCUT2D eigenvalue weighted by atomic mass is 32.2. The molecule has 1 atom stereocenters. The summed E-state index contributed by atoms with van der Waals surface area (Å²) in [6.07, 6.45) is 1.97. The van der Waals surface area contributed by atoms with Crippen LogP contribution in [0.15, 0.2) is 53.4 Å². The van der Waals surface area contributed by atoms with Crippen LogP contribution in [0.4, 0.5) is 0 Å². The Kier molecular flexibility index (Phi) is 4.77. The second-order valence-corrected chi connectivity index (χ2v) is 7.93. The molecule has 1 aromatic heterocycles. The van der Waals surface area contributed by atoms with Gasteiger partial charge in [0, 0.05) is 40.0 Å². The van der Waals surface area contributed by atoms with Crippen molar-refractivity contribution in [2.45, 2.75) is 36.8 Å². The smallest absolute Gasteiger partial charge is 0.240 e. The number of fused-ring (bicyclic) bond motifs is 5. The van der Waals surface area contributed by atoms with Crippen molar-refractivity contribution in [2.75, 3.05) is 13.1 Å². The lowest BCUT2D eigenvalue weighted by Crippen LogP contribution is -2.36. The fourth-order valence-electron chi connectivity index (χ4n) is 3.82. The predicted octanol–water partition coefficient (Wildman–Crippen LogP) is 5.63. The van der Waals surface area contributed by atoms with Gasteiger partial charge >= 0.3 is 0 Å². The number of aromatic nitrogens is 1. The highest BCUT2D eigenvalue weighted by Crippen LogP contribution is 2.51. The van der Waals surface area contributed by atoms with Crippen LogP contribution in [-0.2, 0) is 4.79 Å². The second-order valence-electron chi connectivity index (χ2n) is 6.78. The molecular formula is C22H24N2OS. The van der Waals surface area contributed by atoms with E-state index in [4.69, 9.17) is 0 Å². The summed E-state index contributed by atoms with van der Waals surface area (Å²) >= 11 is 1.70. The van der Waals surface area contributed by atoms with Gasteiger partial charge in [-0.3, -0.25) is 4.79 Å². The lowest BCUT2D eigenvalue weighted by atomic mass is 10.0. The van der Waals surface area contributed by atoms with E-state index in [0.29, 0.717) is 0 Å². The number of hydrogen-bond acceptors (Lipinski definition) is 2. The van der Waals surface area contributed by atoms with Crippen molar-refractivity contribution < 1.29 is 4.79 Å². The van der Waals surface area contributed by atoms with Gasteiger partial charge in [-0.2, -0.15) is 0 Å². The van der Waals surface area contributed by atoms with Gasteiger partial charge < -0.3 is 9.88 Å². The molecule has 0 bridgehead atoms. The van der Waals surface area contributed by atoms with Crippen molar-refractivity contribution in [2.24, 2.45) is 0 Å². The molecule has 1 aliphatic heterocycles. The van der Waals surface area contributed by atoms with Gasteiger partial charge in [-0.05, 0) is 25.0 Å². The minimum atomic E-state index is -0.186. The third-order valence-corrected chi connectivity index (χ3v) is 6.22. The average molecular weight is 365 g/mol. The fourth-order valence-corrected chi connectivity index (χ4v) is 5.14. The van der Waals surface area contributed by atoms with E-state index in [9.17, 15) is 4.79 Å². The Hall–Kier alpha value is -2.20. The van der Waals surface area contributed by atoms with Gasteiger partial charge in [-0.25, -0.2) is 0 Å². The van der Waals surface area contributed by atoms with Gasteiger partial charge in [0.15, 0.2) is 0 Å². The molecule has 0 saturated carbocycles. The van der Waals surface area contributed by atoms with Crippen molar-refractivity contribution >= 4 is 28.6 Å². The second kappa shape index (κ2) is 7.20. The molecule has 0 saturated heterocycles. The summed E-state index contributed by atoms with van der Waals surface area (Å²) < 4.78 is 0. The van der Waals surface area contributed by atoms with Crippen LogP contribution in [-0.4, -0.2) is 28.9 Å². The largest absolute Gasteiger partial charge is 0.354 e. The number of thioether (sulfide) groups is 1. The van der Waals surface area contributed by atoms with Crippen LogP contribution in [0, 0.1) is 0 Å². The molecule has 3 aromatic rings. The molecular weight excluding hydrogens is 340 g/mol. The first kappa shape index (κ1) is 17.2. The molecule has 3 nitrogen and oxygen atoms in total. The van der Waals surface area contributed by atoms with Crippen LogP contribution in [0.5, 0.6) is 0 Å². The first-order valence-corrected chi connectivity index (χ1v) is 10.3. The van der Waals surface area contributed by atoms with Crippen LogP contribution in [0.2, 0.25) is 0 Å². The third kappa shape index (κ3) is 2.82. The van der Waals surface area contributed by atoms with Crippen molar-refractivity contribution in [1.82, 2.24) is 9.88 Å². The van der Waals surface area contributed by atoms with E-state index in [-0.39, 0.29) is 11.2 Å². The molecule has 4 rings (SSSR count). The number of H-pyrrole nitrogens is 1. The Morgan fingerprint density at radius 3 is 2.50 bits per heavy atom. The highest BCUT2D eigenvalue weighted by molar-refractivity contribution is 8.00. The van der Waals surface area contributed by atoms with Crippen molar-refractivity contribution in [3.8, 4) is 11.3 Å². The number of nitrogens with zero attached hydrogens (tertiary/aromatic N) is 1. The van der Waals surface area contributed by atoms with Gasteiger partial charge in [0.05, 0.1) is 5.69 Å². The molecule has 1 N–H and O–H groups in total. The summed E-state index contributed by atoms with van der Waals surface area (Å²) in [6.45, 7) is 5.92. The van der Waals surface area contributed by atoms with Crippen molar-refractivity contribution in [3.63, 3.8) is 0 Å². The molecule has 2 heterocycles. The Morgan fingerprint density at radius 2 is 1.73 bits per heavy atom. The molecule has 134 valence electrons. The zero-order valence-electron chi connectivity index (χ0n) is 15.3. The molecule has 0 aliphatic carbocycles. The van der Waals surface area contributed by atoms with Crippen molar-refractivity contribution in [3.05, 3.63) is 54.1 Å². The zero-order valence-corrected chi connectivity index (χ0v) is 16.1. The molecule has 1 amide bonds. The topological polar surface area (TPSA) is 36.1 Å². The third-order valence-electron chi connectivity index (χ3n) is 4.93. The minimum absolute atomic E-state index is 0.186. The monoisotopic (exact) mass is 364 g/mol. The summed E-state index contributed by atoms with van der Waals surface area (Å²) in [5.74, 6) is 0.235. The molecule has 1 unspecified atom stereocenters. The van der Waals surface area contributed by atoms with Gasteiger partial charge in [0.25, 0.3) is 0 Å². The van der Waals surface area contributed by atoms with Gasteiger partial charge in [-0.1, -0.05) is 50.2 Å². The maximum Gasteiger partial charge on any atom is 0.240 e. The summed E-state index contributed by atoms with van der Waals surface area (Å²) in [7, 11) is 0. The van der Waals surface area contributed by atoms with E-state index in [1.807, 2.05) is 11.0 Å². The molecule has 26 heavy (non-hydrogen) atoms. The average Bonchev–Trinajstić information content (AvgIpc) is 3.06. The van der Waals surface area contributed by atoms with E-state index in [1.165, 1.54) is 10.5 Å². The first-order valence-electron chi connectivity index (χ1n) is 9.40. The van der Waals surface area contributed by atoms with Crippen LogP contribution in [0.3, 0.4) is 0 Å². The van der Waals surface area contributed by atoms with Crippen LogP contribution in [0.25, 0.3) is 22.2 Å². The zero-order chi connectivity index (χ0) is 18.1. The maximum absolute atomic E-state index is 13.5. The molecule has 2 aromatic carbocycles. The number of carbonyl (C=O) groups excluding carboxylic acids is 1. The Balaban J connectivity index is 1.86. The number of carbonyl (C=O) groups is 1. The molecule has 0 radical (unpaired) electrons. The Labute approximate surface area is 158 Å². The summed E-state index contributed by atoms with van der Waals surface area (Å²) in [4.78, 5) is 20.3. The molecule has 0 spiro atoms. The maximum atomic E-state index is 13.5. The summed E-state index contributed by atoms with van der Waals surface area (Å²) in [5.41, 5.74) is 4.55. The van der Waals surface area contributed by atoms with Gasteiger partial charge in [-0.15, -0.1) is 11.8 Å². The number of rotatable bonds is 5. The number of nitrogens with one attached hydrogen (secondary N) is 1. The normalized spacial score (nSPS) is 15.5. The first-order chi connectivity index (χ1) is 12.7. The van der Waals surface area contributed by atoms with E-state index in [2.05, 4.69) is 61.3 Å². The number of aromatic amines is 1. The molecule has 1 aliphatic rings. The number of amides is 1. The van der Waals surface area contributed by atoms with Gasteiger partial charge in [0.1, 0.15) is 5.25 Å². The highest BCUT2D eigenvalue weighted by Gasteiger charge is 2.35. The lowest BCUT2D eigenvalue weighted by Gasteiger charge is -2.30. The van der Waals surface area contributed by atoms with Crippen LogP contribution >= 0.6 is 11.8 Å². The molecule has 4 heteroatoms. The standard InChI is InChI=1S/C22H24N2OS/c1-3-13-24(14-4-2)22(25)21-19-15-9-5-7-11-17(15)23-20(19)16-10-6-8-12-18(16)26-21/h5-12,21,23H,3-4,13-14H2,1-2H3. The predicted molar refractivity (Wildman–Crippen MR) is 109 cm³/mol. The van der Waals surface area contributed by atoms with Gasteiger partial charge in [0.2, 0.25) is 5.91 Å². The number of para-hydroxylation sites is 1. The quantitative estimate of drug-likeness (QED) is 0.637. The number of benzene rings is 2. The summed E-state index contributed by atoms with van der Waals surface area (Å²) in [6, 6.07) is 16.7. The SMILES string of the molecule is CCCN(CCC)C(=O)C1Sc2ccccc2-c2[nH]c3ccccc3c21. The molecule has 0 fully saturated rings. The van der Waals surface area contributed by atoms with Crippen molar-refractivity contribution in [1.29, 1.82) is 0 Å². The summed E-state index contributed by atoms with van der Waals surface area (Å²) in [5, 5.41) is 0.977. The van der Waals surface area contributed by atoms with E-state index < -0.39 is 0 Å². The minimum Gasteiger partial charge on any atom is -0.354 e. The Bertz CT molecular complexity index is 940. The number of hydrogen-bond donors (Lipinski definition) is 1. The van der Waals surface area contributed by atoms with E-state index in [0.717, 1.165) is 48.1 Å². The van der Waals surface area contributed by atoms with Crippen LogP contribution < -0.4 is 0 Å². The fraction of sp³-hybridized carbons (Fsp3) is 0.318.